The summed E-state index contributed by atoms with van der Waals surface area (Å²) in [5.74, 6) is 2.36. The highest BCUT2D eigenvalue weighted by atomic mass is 32.2. The summed E-state index contributed by atoms with van der Waals surface area (Å²) in [6, 6.07) is 17.5. The van der Waals surface area contributed by atoms with Gasteiger partial charge in [0.15, 0.2) is 0 Å². The lowest BCUT2D eigenvalue weighted by atomic mass is 10.2. The van der Waals surface area contributed by atoms with Gasteiger partial charge in [-0.1, -0.05) is 31.2 Å². The lowest BCUT2D eigenvalue weighted by Crippen LogP contribution is -2.09. The van der Waals surface area contributed by atoms with Crippen LogP contribution in [0.5, 0.6) is 11.5 Å². The second kappa shape index (κ2) is 8.23. The Labute approximate surface area is 129 Å². The van der Waals surface area contributed by atoms with E-state index >= 15 is 0 Å². The highest BCUT2D eigenvalue weighted by Gasteiger charge is 2.09. The van der Waals surface area contributed by atoms with E-state index in [0.29, 0.717) is 24.5 Å². The van der Waals surface area contributed by atoms with Gasteiger partial charge in [0.25, 0.3) is 0 Å². The van der Waals surface area contributed by atoms with Crippen molar-refractivity contribution in [3.05, 3.63) is 54.1 Å². The third-order valence-electron chi connectivity index (χ3n) is 2.75. The Kier molecular flexibility index (Phi) is 5.99. The first kappa shape index (κ1) is 15.3. The van der Waals surface area contributed by atoms with Gasteiger partial charge >= 0.3 is 0 Å². The van der Waals surface area contributed by atoms with Crippen LogP contribution in [0.2, 0.25) is 0 Å². The maximum absolute atomic E-state index is 9.29. The van der Waals surface area contributed by atoms with Gasteiger partial charge in [-0.15, -0.1) is 11.8 Å². The number of para-hydroxylation sites is 1. The van der Waals surface area contributed by atoms with E-state index in [2.05, 4.69) is 13.0 Å². The van der Waals surface area contributed by atoms with Crippen molar-refractivity contribution in [2.75, 3.05) is 19.0 Å². The average Bonchev–Trinajstić information content (AvgIpc) is 2.53. The fourth-order valence-corrected chi connectivity index (χ4v) is 2.62. The molecule has 0 aliphatic carbocycles. The summed E-state index contributed by atoms with van der Waals surface area (Å²) in [6.07, 6.45) is 0. The van der Waals surface area contributed by atoms with E-state index in [0.717, 1.165) is 16.4 Å². The maximum atomic E-state index is 9.29. The minimum absolute atomic E-state index is 0.407. The summed E-state index contributed by atoms with van der Waals surface area (Å²) in [5.41, 5.74) is 0.601. The summed E-state index contributed by atoms with van der Waals surface area (Å²) in [7, 11) is 0. The lowest BCUT2D eigenvalue weighted by molar-refractivity contribution is 0.216. The summed E-state index contributed by atoms with van der Waals surface area (Å²) in [4.78, 5) is 0.960. The van der Waals surface area contributed by atoms with Crippen molar-refractivity contribution in [2.45, 2.75) is 11.8 Å². The molecule has 0 saturated carbocycles. The number of rotatable bonds is 7. The fraction of sp³-hybridized carbons (Fsp3) is 0.235. The van der Waals surface area contributed by atoms with Gasteiger partial charge in [-0.2, -0.15) is 5.26 Å². The highest BCUT2D eigenvalue weighted by molar-refractivity contribution is 7.99. The molecule has 2 aromatic rings. The van der Waals surface area contributed by atoms with Crippen molar-refractivity contribution in [1.29, 1.82) is 5.26 Å². The smallest absolute Gasteiger partial charge is 0.138 e. The summed E-state index contributed by atoms with van der Waals surface area (Å²) in [5, 5.41) is 9.29. The van der Waals surface area contributed by atoms with Crippen LogP contribution < -0.4 is 9.47 Å². The summed E-state index contributed by atoms with van der Waals surface area (Å²) in [6.45, 7) is 2.91. The zero-order chi connectivity index (χ0) is 14.9. The van der Waals surface area contributed by atoms with Crippen LogP contribution in [0.1, 0.15) is 12.5 Å². The van der Waals surface area contributed by atoms with E-state index in [9.17, 15) is 5.26 Å². The number of hydrogen-bond acceptors (Lipinski definition) is 4. The monoisotopic (exact) mass is 299 g/mol. The number of hydrogen-bond donors (Lipinski definition) is 0. The van der Waals surface area contributed by atoms with E-state index < -0.39 is 0 Å². The lowest BCUT2D eigenvalue weighted by Gasteiger charge is -2.11. The topological polar surface area (TPSA) is 42.2 Å². The first-order valence-corrected chi connectivity index (χ1v) is 7.80. The zero-order valence-corrected chi connectivity index (χ0v) is 12.7. The molecule has 4 heteroatoms. The molecule has 0 amide bonds. The predicted molar refractivity (Wildman–Crippen MR) is 85.0 cm³/mol. The molecule has 0 saturated heterocycles. The molecule has 3 nitrogen and oxygen atoms in total. The third kappa shape index (κ3) is 4.44. The molecule has 0 unspecified atom stereocenters. The molecule has 0 fully saturated rings. The number of benzene rings is 2. The van der Waals surface area contributed by atoms with E-state index in [4.69, 9.17) is 9.47 Å². The van der Waals surface area contributed by atoms with E-state index in [-0.39, 0.29) is 0 Å². The molecule has 108 valence electrons. The van der Waals surface area contributed by atoms with Gasteiger partial charge in [0.05, 0.1) is 0 Å². The van der Waals surface area contributed by atoms with Crippen molar-refractivity contribution in [3.63, 3.8) is 0 Å². The van der Waals surface area contributed by atoms with Crippen LogP contribution in [-0.4, -0.2) is 19.0 Å². The minimum Gasteiger partial charge on any atom is -0.490 e. The van der Waals surface area contributed by atoms with Gasteiger partial charge in [-0.25, -0.2) is 0 Å². The van der Waals surface area contributed by atoms with Crippen LogP contribution in [0.3, 0.4) is 0 Å². The Hall–Kier alpha value is -2.12. The van der Waals surface area contributed by atoms with E-state index in [1.165, 1.54) is 0 Å². The normalized spacial score (nSPS) is 9.90. The van der Waals surface area contributed by atoms with Crippen LogP contribution in [0.4, 0.5) is 0 Å². The quantitative estimate of drug-likeness (QED) is 0.569. The Balaban J connectivity index is 1.91. The number of nitrogens with zero attached hydrogens (tertiary/aromatic N) is 1. The molecular formula is C17H17NO2S. The van der Waals surface area contributed by atoms with Crippen molar-refractivity contribution in [3.8, 4) is 17.6 Å². The minimum atomic E-state index is 0.407. The van der Waals surface area contributed by atoms with Crippen molar-refractivity contribution < 1.29 is 9.47 Å². The molecule has 0 aliphatic rings. The Bertz CT molecular complexity index is 608. The molecule has 2 aromatic carbocycles. The molecule has 2 rings (SSSR count). The van der Waals surface area contributed by atoms with E-state index in [1.54, 1.807) is 11.8 Å². The maximum Gasteiger partial charge on any atom is 0.138 e. The van der Waals surface area contributed by atoms with Gasteiger partial charge in [0.1, 0.15) is 36.3 Å². The predicted octanol–water partition coefficient (Wildman–Crippen LogP) is 4.13. The number of ether oxygens (including phenoxy) is 2. The van der Waals surface area contributed by atoms with Crippen LogP contribution in [0.25, 0.3) is 0 Å². The molecule has 0 spiro atoms. The van der Waals surface area contributed by atoms with Gasteiger partial charge < -0.3 is 9.47 Å². The summed E-state index contributed by atoms with van der Waals surface area (Å²) < 4.78 is 11.2. The first-order valence-electron chi connectivity index (χ1n) is 6.81. The van der Waals surface area contributed by atoms with Gasteiger partial charge in [-0.3, -0.25) is 0 Å². The van der Waals surface area contributed by atoms with E-state index in [1.807, 2.05) is 48.5 Å². The SMILES string of the molecule is CCSc1cccc(OCCOc2ccccc2)c1C#N. The van der Waals surface area contributed by atoms with Crippen molar-refractivity contribution in [1.82, 2.24) is 0 Å². The van der Waals surface area contributed by atoms with Crippen LogP contribution >= 0.6 is 11.8 Å². The molecule has 0 N–H and O–H groups in total. The third-order valence-corrected chi connectivity index (χ3v) is 3.69. The molecule has 21 heavy (non-hydrogen) atoms. The van der Waals surface area contributed by atoms with Crippen molar-refractivity contribution in [2.24, 2.45) is 0 Å². The summed E-state index contributed by atoms with van der Waals surface area (Å²) >= 11 is 1.64. The number of nitriles is 1. The zero-order valence-electron chi connectivity index (χ0n) is 11.9. The molecule has 0 atom stereocenters. The first-order chi connectivity index (χ1) is 10.3. The Morgan fingerprint density at radius 3 is 2.48 bits per heavy atom. The average molecular weight is 299 g/mol. The molecule has 0 radical (unpaired) electrons. The standard InChI is InChI=1S/C17H17NO2S/c1-2-21-17-10-6-9-16(15(17)13-18)20-12-11-19-14-7-4-3-5-8-14/h3-10H,2,11-12H2,1H3. The molecule has 0 heterocycles. The van der Waals surface area contributed by atoms with Crippen molar-refractivity contribution >= 4 is 11.8 Å². The second-order valence-electron chi connectivity index (χ2n) is 4.18. The van der Waals surface area contributed by atoms with Gasteiger partial charge in [0.2, 0.25) is 0 Å². The Morgan fingerprint density at radius 2 is 1.76 bits per heavy atom. The van der Waals surface area contributed by atoms with Crippen LogP contribution in [0.15, 0.2) is 53.4 Å². The molecule has 0 aliphatic heterocycles. The van der Waals surface area contributed by atoms with Crippen LogP contribution in [-0.2, 0) is 0 Å². The van der Waals surface area contributed by atoms with Gasteiger partial charge in [0, 0.05) is 4.90 Å². The highest BCUT2D eigenvalue weighted by Crippen LogP contribution is 2.29. The fourth-order valence-electron chi connectivity index (χ4n) is 1.85. The Morgan fingerprint density at radius 1 is 1.00 bits per heavy atom. The molecule has 0 aromatic heterocycles. The number of thioether (sulfide) groups is 1. The molecular weight excluding hydrogens is 282 g/mol. The van der Waals surface area contributed by atoms with Crippen LogP contribution in [0, 0.1) is 11.3 Å². The second-order valence-corrected chi connectivity index (χ2v) is 5.49. The van der Waals surface area contributed by atoms with Gasteiger partial charge in [-0.05, 0) is 30.0 Å². The molecule has 0 bridgehead atoms. The largest absolute Gasteiger partial charge is 0.490 e.